The first-order chi connectivity index (χ1) is 33.5. The number of nitrogens with one attached hydrogen (secondary N) is 9. The van der Waals surface area contributed by atoms with Gasteiger partial charge in [0.05, 0.1) is 52.4 Å². The van der Waals surface area contributed by atoms with Crippen molar-refractivity contribution in [2.75, 3.05) is 60.3 Å². The Bertz CT molecular complexity index is 1870. The number of hydrogen-bond donors (Lipinski definition) is 13. The van der Waals surface area contributed by atoms with E-state index >= 15 is 0 Å². The average Bonchev–Trinajstić information content (AvgIpc) is 3.25. The Hall–Kier alpha value is -3.04. The molecule has 0 saturated heterocycles. The number of likely N-dealkylation sites (N-methyl/N-ethyl adjacent to an activating group) is 2. The number of hydrogen-bond acceptors (Lipinski definition) is 17. The van der Waals surface area contributed by atoms with Crippen molar-refractivity contribution < 1.29 is 57.3 Å². The molecule has 9 atom stereocenters. The van der Waals surface area contributed by atoms with Crippen LogP contribution in [0.1, 0.15) is 118 Å². The minimum absolute atomic E-state index is 0.0207. The van der Waals surface area contributed by atoms with E-state index in [0.717, 1.165) is 0 Å². The fourth-order valence-corrected chi connectivity index (χ4v) is 7.17. The highest BCUT2D eigenvalue weighted by molar-refractivity contribution is 7.82. The highest BCUT2D eigenvalue weighted by atomic mass is 32.1. The third-order valence-electron chi connectivity index (χ3n) is 11.6. The van der Waals surface area contributed by atoms with Crippen LogP contribution in [0.5, 0.6) is 0 Å². The summed E-state index contributed by atoms with van der Waals surface area (Å²) in [5.41, 5.74) is -3.52. The summed E-state index contributed by atoms with van der Waals surface area (Å²) in [4.78, 5) is 108. The average molecular weight is 1130 g/mol. The predicted molar refractivity (Wildman–Crippen MR) is 301 cm³/mol. The molecule has 0 saturated carbocycles. The van der Waals surface area contributed by atoms with Crippen molar-refractivity contribution in [3.8, 4) is 0 Å². The molecular formula is C49H93N9O12S4. The van der Waals surface area contributed by atoms with E-state index in [4.69, 9.17) is 18.9 Å². The smallest absolute Gasteiger partial charge is 0.244 e. The maximum absolute atomic E-state index is 13.9. The lowest BCUT2D eigenvalue weighted by atomic mass is 9.88. The van der Waals surface area contributed by atoms with Gasteiger partial charge in [0.25, 0.3) is 0 Å². The van der Waals surface area contributed by atoms with Crippen LogP contribution >= 0.6 is 50.5 Å². The van der Waals surface area contributed by atoms with Gasteiger partial charge < -0.3 is 66.8 Å². The van der Waals surface area contributed by atoms with Gasteiger partial charge in [-0.2, -0.15) is 50.5 Å². The summed E-state index contributed by atoms with van der Waals surface area (Å²) in [5.74, 6) is -5.42. The predicted octanol–water partition coefficient (Wildman–Crippen LogP) is 1.13. The van der Waals surface area contributed by atoms with Gasteiger partial charge >= 0.3 is 0 Å². The standard InChI is InChI=1S/C49H93N9O12S4/c1-27(50-18)25-70-31(5)26-68-21-20-67-22-28(2)52-37(60)33(47(12,13)72)56-42(65)45(8,9)43(66)58-35(49(16,17)74)39(62)54-30(4)24-69-23-29(3)53-38(61)34(48(14,15)73)57-41(64)44(6,7)40(63)55-32(36(59)51-19)46(10,11)71/h27-35,50,71-74H,20-26H2,1-19H3,(H,51,59)(H,52,60)(H,53,61)(H,54,62)(H,55,63)(H,56,65)(H,57,64)(H,58,66). The molecule has 0 bridgehead atoms. The van der Waals surface area contributed by atoms with E-state index in [0.29, 0.717) is 19.8 Å². The Morgan fingerprint density at radius 2 is 0.649 bits per heavy atom. The molecule has 9 N–H and O–H groups in total. The summed E-state index contributed by atoms with van der Waals surface area (Å²) in [6, 6.07) is -6.18. The molecule has 0 aliphatic rings. The zero-order valence-corrected chi connectivity index (χ0v) is 50.9. The molecular weight excluding hydrogens is 1030 g/mol. The van der Waals surface area contributed by atoms with Crippen LogP contribution in [0, 0.1) is 10.8 Å². The number of ether oxygens (including phenoxy) is 4. The van der Waals surface area contributed by atoms with Crippen LogP contribution in [0.2, 0.25) is 0 Å². The number of amides is 8. The SMILES string of the molecule is CNC(=O)C(NC(=O)C(C)(C)C(=O)NC(C(=O)NC(C)COCC(C)NC(=O)C(NC(=O)C(C)(C)C(=O)NC(C(=O)NC(C)COCCOCC(C)OCC(C)NC)C(C)(C)S)C(C)(C)S)C(C)(C)S)C(C)(C)S. The summed E-state index contributed by atoms with van der Waals surface area (Å²) in [5, 5.41) is 24.6. The van der Waals surface area contributed by atoms with E-state index in [1.54, 1.807) is 76.2 Å². The Morgan fingerprint density at radius 1 is 0.378 bits per heavy atom. The Labute approximate surface area is 463 Å². The van der Waals surface area contributed by atoms with E-state index in [1.165, 1.54) is 34.7 Å². The normalized spacial score (nSPS) is 16.4. The number of thiol groups is 4. The molecule has 0 aromatic rings. The summed E-state index contributed by atoms with van der Waals surface area (Å²) in [6.07, 6.45) is -0.0881. The van der Waals surface area contributed by atoms with E-state index < -0.39 is 119 Å². The van der Waals surface area contributed by atoms with Crippen LogP contribution in [0.25, 0.3) is 0 Å². The first kappa shape index (κ1) is 71.0. The minimum Gasteiger partial charge on any atom is -0.377 e. The topological polar surface area (TPSA) is 282 Å². The maximum atomic E-state index is 13.9. The lowest BCUT2D eigenvalue weighted by Gasteiger charge is -2.35. The minimum atomic E-state index is -1.79. The van der Waals surface area contributed by atoms with E-state index in [9.17, 15) is 38.4 Å². The maximum Gasteiger partial charge on any atom is 0.244 e. The van der Waals surface area contributed by atoms with Gasteiger partial charge in [-0.25, -0.2) is 0 Å². The summed E-state index contributed by atoms with van der Waals surface area (Å²) < 4.78 is 18.6. The Kier molecular flexibility index (Phi) is 29.5. The van der Waals surface area contributed by atoms with Crippen LogP contribution in [0.3, 0.4) is 0 Å². The second-order valence-electron chi connectivity index (χ2n) is 22.4. The molecule has 0 fully saturated rings. The van der Waals surface area contributed by atoms with Crippen molar-refractivity contribution >= 4 is 97.8 Å². The van der Waals surface area contributed by atoms with Crippen molar-refractivity contribution in [3.63, 3.8) is 0 Å². The molecule has 0 aromatic carbocycles. The van der Waals surface area contributed by atoms with Crippen molar-refractivity contribution in [1.82, 2.24) is 47.9 Å². The van der Waals surface area contributed by atoms with Crippen molar-refractivity contribution in [1.29, 1.82) is 0 Å². The van der Waals surface area contributed by atoms with Gasteiger partial charge in [0.15, 0.2) is 0 Å². The van der Waals surface area contributed by atoms with E-state index in [-0.39, 0.29) is 38.6 Å². The van der Waals surface area contributed by atoms with Gasteiger partial charge in [-0.15, -0.1) is 0 Å². The third-order valence-corrected chi connectivity index (χ3v) is 12.6. The molecule has 0 aliphatic carbocycles. The van der Waals surface area contributed by atoms with Gasteiger partial charge in [-0.05, 0) is 125 Å². The second-order valence-corrected chi connectivity index (χ2v) is 27.0. The van der Waals surface area contributed by atoms with Crippen molar-refractivity contribution in [2.24, 2.45) is 10.8 Å². The summed E-state index contributed by atoms with van der Waals surface area (Å²) in [7, 11) is 3.28. The zero-order chi connectivity index (χ0) is 58.0. The second kappa shape index (κ2) is 30.8. The molecule has 0 radical (unpaired) electrons. The van der Waals surface area contributed by atoms with Crippen LogP contribution < -0.4 is 47.9 Å². The lowest BCUT2D eigenvalue weighted by Crippen LogP contribution is -2.63. The van der Waals surface area contributed by atoms with Gasteiger partial charge in [0.2, 0.25) is 47.3 Å². The molecule has 430 valence electrons. The van der Waals surface area contributed by atoms with Gasteiger partial charge in [0, 0.05) is 50.2 Å². The monoisotopic (exact) mass is 1130 g/mol. The van der Waals surface area contributed by atoms with Crippen molar-refractivity contribution in [2.45, 2.75) is 191 Å². The molecule has 0 aliphatic heterocycles. The van der Waals surface area contributed by atoms with Crippen LogP contribution in [-0.4, -0.2) is 181 Å². The van der Waals surface area contributed by atoms with Gasteiger partial charge in [0.1, 0.15) is 35.0 Å². The summed E-state index contributed by atoms with van der Waals surface area (Å²) >= 11 is 18.2. The molecule has 0 spiro atoms. The molecule has 74 heavy (non-hydrogen) atoms. The first-order valence-electron chi connectivity index (χ1n) is 24.8. The third kappa shape index (κ3) is 25.0. The number of rotatable bonds is 34. The van der Waals surface area contributed by atoms with Gasteiger partial charge in [-0.1, -0.05) is 0 Å². The molecule has 0 rings (SSSR count). The number of carbonyl (C=O) groups excluding carboxylic acids is 8. The van der Waals surface area contributed by atoms with Crippen molar-refractivity contribution in [3.05, 3.63) is 0 Å². The lowest BCUT2D eigenvalue weighted by molar-refractivity contribution is -0.145. The highest BCUT2D eigenvalue weighted by Gasteiger charge is 2.46. The Morgan fingerprint density at radius 3 is 0.919 bits per heavy atom. The number of carbonyl (C=O) groups is 8. The molecule has 9 unspecified atom stereocenters. The molecule has 25 heteroatoms. The van der Waals surface area contributed by atoms with Crippen LogP contribution in [0.15, 0.2) is 0 Å². The van der Waals surface area contributed by atoms with Crippen LogP contribution in [0.4, 0.5) is 0 Å². The fourth-order valence-electron chi connectivity index (χ4n) is 6.44. The summed E-state index contributed by atoms with van der Waals surface area (Å²) in [6.45, 7) is 29.2. The molecule has 21 nitrogen and oxygen atoms in total. The van der Waals surface area contributed by atoms with Crippen LogP contribution in [-0.2, 0) is 57.3 Å². The van der Waals surface area contributed by atoms with E-state index in [1.807, 2.05) is 20.9 Å². The van der Waals surface area contributed by atoms with Gasteiger partial charge in [-0.3, -0.25) is 38.4 Å². The first-order valence-corrected chi connectivity index (χ1v) is 26.6. The molecule has 0 aromatic heterocycles. The quantitative estimate of drug-likeness (QED) is 0.0245. The molecule has 0 heterocycles. The highest BCUT2D eigenvalue weighted by Crippen LogP contribution is 2.26. The zero-order valence-electron chi connectivity index (χ0n) is 47.3. The fraction of sp³-hybridized carbons (Fsp3) is 0.837. The largest absolute Gasteiger partial charge is 0.377 e. The van der Waals surface area contributed by atoms with E-state index in [2.05, 4.69) is 98.4 Å². The Balaban J connectivity index is 5.54. The molecule has 8 amide bonds.